The van der Waals surface area contributed by atoms with Gasteiger partial charge >= 0.3 is 5.97 Å². The number of piperazine rings is 1. The number of carbonyl (C=O) groups excluding carboxylic acids is 1. The van der Waals surface area contributed by atoms with Crippen LogP contribution >= 0.6 is 0 Å². The minimum atomic E-state index is -0.743. The molecule has 0 amide bonds. The van der Waals surface area contributed by atoms with E-state index in [2.05, 4.69) is 9.80 Å². The first-order valence-corrected chi connectivity index (χ1v) is 6.86. The summed E-state index contributed by atoms with van der Waals surface area (Å²) in [6.07, 6.45) is 0.202. The van der Waals surface area contributed by atoms with Gasteiger partial charge in [-0.3, -0.25) is 14.5 Å². The van der Waals surface area contributed by atoms with Crippen LogP contribution in [0, 0.1) is 0 Å². The minimum absolute atomic E-state index is 0.0787. The van der Waals surface area contributed by atoms with E-state index in [1.54, 1.807) is 6.92 Å². The average molecular weight is 276 g/mol. The van der Waals surface area contributed by atoms with E-state index in [0.29, 0.717) is 6.54 Å². The monoisotopic (exact) mass is 276 g/mol. The number of carboxylic acids is 1. The van der Waals surface area contributed by atoms with Crippen LogP contribution in [-0.4, -0.2) is 54.5 Å². The number of hydrogen-bond acceptors (Lipinski definition) is 4. The molecule has 0 spiro atoms. The van der Waals surface area contributed by atoms with Crippen LogP contribution in [0.2, 0.25) is 0 Å². The van der Waals surface area contributed by atoms with Gasteiger partial charge in [-0.15, -0.1) is 0 Å². The van der Waals surface area contributed by atoms with E-state index < -0.39 is 5.97 Å². The zero-order valence-electron chi connectivity index (χ0n) is 11.7. The molecule has 20 heavy (non-hydrogen) atoms. The Bertz CT molecular complexity index is 476. The zero-order chi connectivity index (χ0) is 14.5. The number of benzene rings is 1. The van der Waals surface area contributed by atoms with Crippen LogP contribution in [-0.2, 0) is 4.79 Å². The Morgan fingerprint density at radius 1 is 1.10 bits per heavy atom. The maximum Gasteiger partial charge on any atom is 0.304 e. The van der Waals surface area contributed by atoms with Crippen molar-refractivity contribution in [2.24, 2.45) is 0 Å². The highest BCUT2D eigenvalue weighted by molar-refractivity contribution is 5.94. The van der Waals surface area contributed by atoms with Gasteiger partial charge in [-0.2, -0.15) is 0 Å². The van der Waals surface area contributed by atoms with E-state index in [9.17, 15) is 9.59 Å². The van der Waals surface area contributed by atoms with Gasteiger partial charge in [0, 0.05) is 44.0 Å². The summed E-state index contributed by atoms with van der Waals surface area (Å²) in [4.78, 5) is 26.2. The Morgan fingerprint density at radius 3 is 2.20 bits per heavy atom. The highest BCUT2D eigenvalue weighted by atomic mass is 16.4. The summed E-state index contributed by atoms with van der Waals surface area (Å²) in [5.74, 6) is -0.665. The van der Waals surface area contributed by atoms with Crippen molar-refractivity contribution < 1.29 is 14.7 Å². The average Bonchev–Trinajstić information content (AvgIpc) is 2.46. The van der Waals surface area contributed by atoms with E-state index in [1.807, 2.05) is 24.3 Å². The van der Waals surface area contributed by atoms with E-state index in [1.165, 1.54) is 0 Å². The van der Waals surface area contributed by atoms with Crippen LogP contribution < -0.4 is 4.90 Å². The molecule has 0 radical (unpaired) electrons. The maximum atomic E-state index is 11.2. The van der Waals surface area contributed by atoms with Crippen molar-refractivity contribution in [3.05, 3.63) is 29.8 Å². The lowest BCUT2D eigenvalue weighted by Crippen LogP contribution is -2.46. The van der Waals surface area contributed by atoms with Gasteiger partial charge in [0.2, 0.25) is 0 Å². The normalized spacial score (nSPS) is 16.1. The lowest BCUT2D eigenvalue weighted by Gasteiger charge is -2.35. The molecule has 1 aromatic rings. The third kappa shape index (κ3) is 3.81. The molecule has 5 heteroatoms. The van der Waals surface area contributed by atoms with Gasteiger partial charge in [0.05, 0.1) is 6.42 Å². The third-order valence-electron chi connectivity index (χ3n) is 3.65. The molecule has 1 N–H and O–H groups in total. The molecule has 108 valence electrons. The number of anilines is 1. The zero-order valence-corrected chi connectivity index (χ0v) is 11.7. The molecule has 1 saturated heterocycles. The quantitative estimate of drug-likeness (QED) is 0.826. The molecule has 0 unspecified atom stereocenters. The second-order valence-corrected chi connectivity index (χ2v) is 5.08. The van der Waals surface area contributed by atoms with E-state index in [0.717, 1.165) is 37.4 Å². The van der Waals surface area contributed by atoms with Crippen LogP contribution in [0.5, 0.6) is 0 Å². The van der Waals surface area contributed by atoms with Gasteiger partial charge < -0.3 is 10.0 Å². The second kappa shape index (κ2) is 6.52. The molecular weight excluding hydrogens is 256 g/mol. The summed E-state index contributed by atoms with van der Waals surface area (Å²) in [5, 5.41) is 8.68. The topological polar surface area (TPSA) is 60.9 Å². The van der Waals surface area contributed by atoms with E-state index >= 15 is 0 Å². The fourth-order valence-corrected chi connectivity index (χ4v) is 2.39. The molecule has 0 saturated carbocycles. The third-order valence-corrected chi connectivity index (χ3v) is 3.65. The number of aliphatic carboxylic acids is 1. The van der Waals surface area contributed by atoms with Gasteiger partial charge in [0.15, 0.2) is 5.78 Å². The molecular formula is C15H20N2O3. The molecule has 1 fully saturated rings. The van der Waals surface area contributed by atoms with Crippen LogP contribution in [0.4, 0.5) is 5.69 Å². The smallest absolute Gasteiger partial charge is 0.304 e. The summed E-state index contributed by atoms with van der Waals surface area (Å²) >= 11 is 0. The van der Waals surface area contributed by atoms with Gasteiger partial charge in [0.1, 0.15) is 0 Å². The molecule has 0 aromatic heterocycles. The molecule has 0 aliphatic carbocycles. The van der Waals surface area contributed by atoms with Crippen LogP contribution in [0.1, 0.15) is 23.7 Å². The summed E-state index contributed by atoms with van der Waals surface area (Å²) in [6, 6.07) is 7.66. The highest BCUT2D eigenvalue weighted by Crippen LogP contribution is 2.17. The predicted octanol–water partition coefficient (Wildman–Crippen LogP) is 1.49. The summed E-state index contributed by atoms with van der Waals surface area (Å²) in [5.41, 5.74) is 1.85. The number of ketones is 1. The minimum Gasteiger partial charge on any atom is -0.481 e. The van der Waals surface area contributed by atoms with Gasteiger partial charge in [0.25, 0.3) is 0 Å². The lowest BCUT2D eigenvalue weighted by atomic mass is 10.1. The number of hydrogen-bond donors (Lipinski definition) is 1. The molecule has 1 aliphatic heterocycles. The van der Waals surface area contributed by atoms with Crippen molar-refractivity contribution in [1.29, 1.82) is 0 Å². The molecule has 2 rings (SSSR count). The van der Waals surface area contributed by atoms with Crippen molar-refractivity contribution in [1.82, 2.24) is 4.90 Å². The van der Waals surface area contributed by atoms with Gasteiger partial charge in [-0.1, -0.05) is 0 Å². The Balaban J connectivity index is 1.87. The van der Waals surface area contributed by atoms with Crippen molar-refractivity contribution in [2.45, 2.75) is 13.3 Å². The Hall–Kier alpha value is -1.88. The Morgan fingerprint density at radius 2 is 1.70 bits per heavy atom. The first-order valence-electron chi connectivity index (χ1n) is 6.86. The largest absolute Gasteiger partial charge is 0.481 e. The standard InChI is InChI=1S/C15H20N2O3/c1-12(18)13-2-4-14(5-3-13)17-10-8-16(9-11-17)7-6-15(19)20/h2-5H,6-11H2,1H3,(H,19,20). The number of Topliss-reactive ketones (excluding diaryl/α,β-unsaturated/α-hetero) is 1. The molecule has 5 nitrogen and oxygen atoms in total. The van der Waals surface area contributed by atoms with Crippen molar-refractivity contribution in [3.8, 4) is 0 Å². The second-order valence-electron chi connectivity index (χ2n) is 5.08. The maximum absolute atomic E-state index is 11.2. The first-order chi connectivity index (χ1) is 9.56. The summed E-state index contributed by atoms with van der Waals surface area (Å²) in [7, 11) is 0. The van der Waals surface area contributed by atoms with E-state index in [-0.39, 0.29) is 12.2 Å². The van der Waals surface area contributed by atoms with Gasteiger partial charge in [-0.05, 0) is 31.2 Å². The summed E-state index contributed by atoms with van der Waals surface area (Å²) < 4.78 is 0. The number of nitrogens with zero attached hydrogens (tertiary/aromatic N) is 2. The molecule has 1 heterocycles. The summed E-state index contributed by atoms with van der Waals surface area (Å²) in [6.45, 7) is 5.71. The van der Waals surface area contributed by atoms with Gasteiger partial charge in [-0.25, -0.2) is 0 Å². The van der Waals surface area contributed by atoms with Crippen LogP contribution in [0.25, 0.3) is 0 Å². The van der Waals surface area contributed by atoms with Crippen molar-refractivity contribution in [2.75, 3.05) is 37.6 Å². The predicted molar refractivity (Wildman–Crippen MR) is 77.4 cm³/mol. The molecule has 0 bridgehead atoms. The number of rotatable bonds is 5. The molecule has 1 aliphatic rings. The molecule has 1 aromatic carbocycles. The van der Waals surface area contributed by atoms with Crippen LogP contribution in [0.3, 0.4) is 0 Å². The van der Waals surface area contributed by atoms with Crippen molar-refractivity contribution in [3.63, 3.8) is 0 Å². The highest BCUT2D eigenvalue weighted by Gasteiger charge is 2.17. The Labute approximate surface area is 118 Å². The number of carboxylic acid groups (broad SMARTS) is 1. The first kappa shape index (κ1) is 14.5. The Kier molecular flexibility index (Phi) is 4.74. The van der Waals surface area contributed by atoms with Crippen LogP contribution in [0.15, 0.2) is 24.3 Å². The fourth-order valence-electron chi connectivity index (χ4n) is 2.39. The lowest BCUT2D eigenvalue weighted by molar-refractivity contribution is -0.137. The SMILES string of the molecule is CC(=O)c1ccc(N2CCN(CCC(=O)O)CC2)cc1. The van der Waals surface area contributed by atoms with Crippen molar-refractivity contribution >= 4 is 17.4 Å². The molecule has 0 atom stereocenters. The number of carbonyl (C=O) groups is 2. The fraction of sp³-hybridized carbons (Fsp3) is 0.467. The van der Waals surface area contributed by atoms with E-state index in [4.69, 9.17) is 5.11 Å².